The summed E-state index contributed by atoms with van der Waals surface area (Å²) in [5.41, 5.74) is 5.78. The molecule has 7 nitrogen and oxygen atoms in total. The molecule has 2 aromatic heterocycles. The van der Waals surface area contributed by atoms with E-state index in [1.165, 1.54) is 0 Å². The lowest BCUT2D eigenvalue weighted by Crippen LogP contribution is -2.30. The molecule has 1 atom stereocenters. The zero-order valence-corrected chi connectivity index (χ0v) is 20.6. The number of thiol groups is 1. The van der Waals surface area contributed by atoms with Crippen LogP contribution < -0.4 is 10.8 Å². The topological polar surface area (TPSA) is 97.4 Å². The van der Waals surface area contributed by atoms with Crippen LogP contribution in [0.25, 0.3) is 9.88 Å². The maximum absolute atomic E-state index is 12.8. The highest BCUT2D eigenvalue weighted by Gasteiger charge is 2.19. The molecular formula is C24H23N3O4S3. The number of carbonyl (C=O) groups excluding carboxylic acids is 1. The van der Waals surface area contributed by atoms with Gasteiger partial charge in [-0.25, -0.2) is 18.9 Å². The van der Waals surface area contributed by atoms with Crippen LogP contribution in [0.15, 0.2) is 77.5 Å². The van der Waals surface area contributed by atoms with E-state index in [-0.39, 0.29) is 11.9 Å². The lowest BCUT2D eigenvalue weighted by atomic mass is 10.0. The molecule has 34 heavy (non-hydrogen) atoms. The summed E-state index contributed by atoms with van der Waals surface area (Å²) in [6.45, 7) is 0. The number of thiazole rings is 1. The third kappa shape index (κ3) is 6.97. The Bertz CT molecular complexity index is 1260. The van der Waals surface area contributed by atoms with Gasteiger partial charge in [-0.3, -0.25) is 4.79 Å². The van der Waals surface area contributed by atoms with Crippen molar-refractivity contribution in [3.8, 4) is 9.88 Å². The predicted molar refractivity (Wildman–Crippen MR) is 136 cm³/mol. The SMILES string of the molecule is O=C(CCc1ccccc1)N[C@@H](Cc1ccc(NO[SH](=O)=O)cc1)c1csc(-c2cccs2)n1. The van der Waals surface area contributed by atoms with Crippen molar-refractivity contribution >= 4 is 45.3 Å². The first-order chi connectivity index (χ1) is 16.6. The molecule has 176 valence electrons. The number of aromatic nitrogens is 1. The average molecular weight is 514 g/mol. The minimum Gasteiger partial charge on any atom is -0.347 e. The maximum atomic E-state index is 12.8. The molecule has 0 saturated carbocycles. The molecule has 0 fully saturated rings. The number of amides is 1. The van der Waals surface area contributed by atoms with Gasteiger partial charge in [0.15, 0.2) is 0 Å². The highest BCUT2D eigenvalue weighted by Crippen LogP contribution is 2.31. The number of carbonyl (C=O) groups is 1. The molecule has 0 unspecified atom stereocenters. The van der Waals surface area contributed by atoms with Crippen LogP contribution in [0.5, 0.6) is 0 Å². The first-order valence-electron chi connectivity index (χ1n) is 10.6. The van der Waals surface area contributed by atoms with Crippen LogP contribution in [0.1, 0.15) is 29.3 Å². The lowest BCUT2D eigenvalue weighted by molar-refractivity contribution is -0.121. The van der Waals surface area contributed by atoms with Gasteiger partial charge < -0.3 is 5.32 Å². The zero-order valence-electron chi connectivity index (χ0n) is 18.0. The van der Waals surface area contributed by atoms with Crippen LogP contribution in [0.4, 0.5) is 5.69 Å². The number of nitrogens with zero attached hydrogens (tertiary/aromatic N) is 1. The van der Waals surface area contributed by atoms with Gasteiger partial charge in [0, 0.05) is 11.8 Å². The van der Waals surface area contributed by atoms with E-state index in [4.69, 9.17) is 4.98 Å². The summed E-state index contributed by atoms with van der Waals surface area (Å²) in [4.78, 5) is 18.7. The molecule has 0 aliphatic carbocycles. The van der Waals surface area contributed by atoms with Crippen molar-refractivity contribution in [1.29, 1.82) is 0 Å². The molecule has 0 saturated heterocycles. The minimum absolute atomic E-state index is 0.0366. The largest absolute Gasteiger partial charge is 0.347 e. The van der Waals surface area contributed by atoms with Gasteiger partial charge in [0.2, 0.25) is 5.91 Å². The van der Waals surface area contributed by atoms with Crippen LogP contribution in [0.2, 0.25) is 0 Å². The van der Waals surface area contributed by atoms with E-state index in [1.54, 1.807) is 34.8 Å². The molecule has 0 bridgehead atoms. The summed E-state index contributed by atoms with van der Waals surface area (Å²) in [5.74, 6) is -0.0366. The first-order valence-corrected chi connectivity index (χ1v) is 13.4. The Kier molecular flexibility index (Phi) is 8.42. The van der Waals surface area contributed by atoms with E-state index < -0.39 is 11.0 Å². The van der Waals surface area contributed by atoms with Gasteiger partial charge in [-0.15, -0.1) is 22.7 Å². The second-order valence-electron chi connectivity index (χ2n) is 7.48. The summed E-state index contributed by atoms with van der Waals surface area (Å²) in [5, 5.41) is 8.09. The first kappa shape index (κ1) is 24.1. The highest BCUT2D eigenvalue weighted by atomic mass is 32.2. The molecule has 1 amide bonds. The summed E-state index contributed by atoms with van der Waals surface area (Å²) >= 11 is 3.19. The third-order valence-electron chi connectivity index (χ3n) is 5.06. The van der Waals surface area contributed by atoms with Crippen LogP contribution in [-0.2, 0) is 32.9 Å². The number of rotatable bonds is 11. The van der Waals surface area contributed by atoms with E-state index in [0.717, 1.165) is 26.7 Å². The maximum Gasteiger partial charge on any atom is 0.277 e. The summed E-state index contributed by atoms with van der Waals surface area (Å²) in [6, 6.07) is 20.8. The molecule has 0 spiro atoms. The third-order valence-corrected chi connectivity index (χ3v) is 7.20. The second kappa shape index (κ2) is 11.9. The Labute approximate surface area is 207 Å². The smallest absolute Gasteiger partial charge is 0.277 e. The van der Waals surface area contributed by atoms with E-state index in [2.05, 4.69) is 15.1 Å². The second-order valence-corrected chi connectivity index (χ2v) is 9.91. The number of benzene rings is 2. The summed E-state index contributed by atoms with van der Waals surface area (Å²) in [6.07, 6.45) is 1.59. The fourth-order valence-corrected chi connectivity index (χ4v) is 5.26. The van der Waals surface area contributed by atoms with E-state index >= 15 is 0 Å². The van der Waals surface area contributed by atoms with E-state index in [1.807, 2.05) is 65.4 Å². The van der Waals surface area contributed by atoms with Gasteiger partial charge in [-0.05, 0) is 47.5 Å². The van der Waals surface area contributed by atoms with Crippen molar-refractivity contribution in [2.24, 2.45) is 0 Å². The molecule has 0 radical (unpaired) electrons. The molecule has 4 aromatic rings. The zero-order chi connectivity index (χ0) is 23.8. The fraction of sp³-hybridized carbons (Fsp3) is 0.167. The van der Waals surface area contributed by atoms with Crippen molar-refractivity contribution in [1.82, 2.24) is 10.3 Å². The molecule has 2 heterocycles. The Morgan fingerprint density at radius 2 is 1.76 bits per heavy atom. The lowest BCUT2D eigenvalue weighted by Gasteiger charge is -2.18. The van der Waals surface area contributed by atoms with Gasteiger partial charge in [0.1, 0.15) is 5.01 Å². The normalized spacial score (nSPS) is 11.9. The van der Waals surface area contributed by atoms with Crippen LogP contribution in [-0.4, -0.2) is 19.3 Å². The molecule has 2 aromatic carbocycles. The Hall–Kier alpha value is -3.05. The number of hydrogen-bond acceptors (Lipinski definition) is 8. The summed E-state index contributed by atoms with van der Waals surface area (Å²) < 4.78 is 25.6. The van der Waals surface area contributed by atoms with Crippen LogP contribution in [0.3, 0.4) is 0 Å². The van der Waals surface area contributed by atoms with Gasteiger partial charge in [-0.2, -0.15) is 4.28 Å². The van der Waals surface area contributed by atoms with Crippen molar-refractivity contribution in [2.75, 3.05) is 5.48 Å². The van der Waals surface area contributed by atoms with Crippen molar-refractivity contribution in [3.05, 3.63) is 94.3 Å². The van der Waals surface area contributed by atoms with E-state index in [9.17, 15) is 13.2 Å². The Morgan fingerprint density at radius 3 is 2.47 bits per heavy atom. The molecule has 0 aliphatic rings. The van der Waals surface area contributed by atoms with Gasteiger partial charge in [0.05, 0.1) is 22.3 Å². The standard InChI is InChI=1S/C24H23N3O4S3/c28-23(13-10-17-5-2-1-3-6-17)25-20(21-16-33-24(26-21)22-7-4-14-32-22)15-18-8-11-19(12-9-18)27-31-34(29)30/h1-9,11-12,14,16,20,27,34H,10,13,15H2,(H,25,28)/t20-/m0/s1. The molecule has 4 rings (SSSR count). The minimum atomic E-state index is -2.99. The number of thiophene rings is 1. The Balaban J connectivity index is 1.47. The number of nitrogens with one attached hydrogen (secondary N) is 2. The highest BCUT2D eigenvalue weighted by molar-refractivity contribution is 7.67. The number of aryl methyl sites for hydroxylation is 1. The van der Waals surface area contributed by atoms with Crippen LogP contribution >= 0.6 is 22.7 Å². The van der Waals surface area contributed by atoms with Crippen molar-refractivity contribution < 1.29 is 17.5 Å². The number of anilines is 1. The van der Waals surface area contributed by atoms with Crippen molar-refractivity contribution in [3.63, 3.8) is 0 Å². The molecule has 2 N–H and O–H groups in total. The monoisotopic (exact) mass is 513 g/mol. The fourth-order valence-electron chi connectivity index (χ4n) is 3.39. The summed E-state index contributed by atoms with van der Waals surface area (Å²) in [7, 11) is -2.99. The van der Waals surface area contributed by atoms with Gasteiger partial charge in [-0.1, -0.05) is 48.5 Å². The average Bonchev–Trinajstić information content (AvgIpc) is 3.55. The number of hydrogen-bond donors (Lipinski definition) is 3. The van der Waals surface area contributed by atoms with Crippen molar-refractivity contribution in [2.45, 2.75) is 25.3 Å². The Morgan fingerprint density at radius 1 is 0.971 bits per heavy atom. The molecular weight excluding hydrogens is 490 g/mol. The van der Waals surface area contributed by atoms with E-state index in [0.29, 0.717) is 24.9 Å². The molecule has 10 heteroatoms. The quantitative estimate of drug-likeness (QED) is 0.197. The van der Waals surface area contributed by atoms with Crippen LogP contribution in [0, 0.1) is 0 Å². The van der Waals surface area contributed by atoms with Gasteiger partial charge >= 0.3 is 0 Å². The molecule has 0 aliphatic heterocycles. The van der Waals surface area contributed by atoms with Gasteiger partial charge in [0.25, 0.3) is 11.0 Å². The predicted octanol–water partition coefficient (Wildman–Crippen LogP) is 4.77.